The summed E-state index contributed by atoms with van der Waals surface area (Å²) in [7, 11) is 0. The Kier molecular flexibility index (Phi) is 3.02. The van der Waals surface area contributed by atoms with Gasteiger partial charge in [-0.25, -0.2) is 4.39 Å². The van der Waals surface area contributed by atoms with Crippen molar-refractivity contribution in [3.8, 4) is 22.3 Å². The average molecular weight is 250 g/mol. The number of benzene rings is 1. The molecule has 0 N–H and O–H groups in total. The van der Waals surface area contributed by atoms with Gasteiger partial charge in [0.25, 0.3) is 0 Å². The van der Waals surface area contributed by atoms with Crippen molar-refractivity contribution in [1.82, 2.24) is 9.97 Å². The van der Waals surface area contributed by atoms with Gasteiger partial charge in [0.05, 0.1) is 0 Å². The molecule has 0 bridgehead atoms. The van der Waals surface area contributed by atoms with Gasteiger partial charge >= 0.3 is 0 Å². The number of hydrogen-bond acceptors (Lipinski definition) is 2. The van der Waals surface area contributed by atoms with Crippen LogP contribution in [0.2, 0.25) is 0 Å². The van der Waals surface area contributed by atoms with Crippen molar-refractivity contribution < 1.29 is 4.39 Å². The van der Waals surface area contributed by atoms with E-state index in [0.29, 0.717) is 5.56 Å². The first-order valence-electron chi connectivity index (χ1n) is 5.95. The Morgan fingerprint density at radius 2 is 1.58 bits per heavy atom. The minimum Gasteiger partial charge on any atom is -0.265 e. The molecule has 3 heteroatoms. The second kappa shape index (κ2) is 4.98. The zero-order chi connectivity index (χ0) is 13.1. The van der Waals surface area contributed by atoms with Crippen LogP contribution in [0.25, 0.3) is 22.3 Å². The quantitative estimate of drug-likeness (QED) is 0.688. The van der Waals surface area contributed by atoms with E-state index in [1.54, 1.807) is 43.0 Å². The SMILES string of the molecule is Fc1cc(-c2cccnc2)ccc1-c1ccncc1. The average Bonchev–Trinajstić information content (AvgIpc) is 2.49. The summed E-state index contributed by atoms with van der Waals surface area (Å²) < 4.78 is 14.2. The van der Waals surface area contributed by atoms with Crippen LogP contribution in [0.5, 0.6) is 0 Å². The molecule has 0 atom stereocenters. The van der Waals surface area contributed by atoms with Crippen LogP contribution in [0.1, 0.15) is 0 Å². The normalized spacial score (nSPS) is 10.4. The van der Waals surface area contributed by atoms with E-state index in [1.807, 2.05) is 18.2 Å². The summed E-state index contributed by atoms with van der Waals surface area (Å²) >= 11 is 0. The van der Waals surface area contributed by atoms with Crippen LogP contribution in [0.3, 0.4) is 0 Å². The highest BCUT2D eigenvalue weighted by atomic mass is 19.1. The Balaban J connectivity index is 2.04. The highest BCUT2D eigenvalue weighted by molar-refractivity contribution is 5.70. The number of halogens is 1. The minimum atomic E-state index is -0.243. The molecule has 2 nitrogen and oxygen atoms in total. The van der Waals surface area contributed by atoms with Gasteiger partial charge < -0.3 is 0 Å². The van der Waals surface area contributed by atoms with E-state index >= 15 is 0 Å². The minimum absolute atomic E-state index is 0.243. The molecule has 2 aromatic heterocycles. The summed E-state index contributed by atoms with van der Waals surface area (Å²) in [6.07, 6.45) is 6.74. The van der Waals surface area contributed by atoms with Gasteiger partial charge in [-0.05, 0) is 35.4 Å². The van der Waals surface area contributed by atoms with Crippen molar-refractivity contribution in [2.45, 2.75) is 0 Å². The molecule has 0 spiro atoms. The third-order valence-electron chi connectivity index (χ3n) is 2.96. The van der Waals surface area contributed by atoms with E-state index in [2.05, 4.69) is 9.97 Å². The molecular weight excluding hydrogens is 239 g/mol. The maximum Gasteiger partial charge on any atom is 0.131 e. The van der Waals surface area contributed by atoms with Crippen LogP contribution in [-0.4, -0.2) is 9.97 Å². The first kappa shape index (κ1) is 11.5. The summed E-state index contributed by atoms with van der Waals surface area (Å²) in [6, 6.07) is 12.6. The fraction of sp³-hybridized carbons (Fsp3) is 0. The Labute approximate surface area is 110 Å². The van der Waals surface area contributed by atoms with E-state index in [4.69, 9.17) is 0 Å². The van der Waals surface area contributed by atoms with Gasteiger partial charge in [-0.1, -0.05) is 18.2 Å². The lowest BCUT2D eigenvalue weighted by Crippen LogP contribution is -1.87. The molecule has 0 aliphatic rings. The highest BCUT2D eigenvalue weighted by Crippen LogP contribution is 2.27. The maximum atomic E-state index is 14.2. The van der Waals surface area contributed by atoms with Gasteiger partial charge in [0.15, 0.2) is 0 Å². The Bertz CT molecular complexity index is 682. The summed E-state index contributed by atoms with van der Waals surface area (Å²) in [4.78, 5) is 7.98. The fourth-order valence-corrected chi connectivity index (χ4v) is 1.99. The van der Waals surface area contributed by atoms with Gasteiger partial charge in [-0.15, -0.1) is 0 Å². The van der Waals surface area contributed by atoms with Gasteiger partial charge in [0.1, 0.15) is 5.82 Å². The molecule has 3 rings (SSSR count). The molecule has 0 amide bonds. The molecule has 1 aromatic carbocycles. The zero-order valence-corrected chi connectivity index (χ0v) is 10.1. The predicted molar refractivity (Wildman–Crippen MR) is 72.9 cm³/mol. The van der Waals surface area contributed by atoms with Gasteiger partial charge in [-0.2, -0.15) is 0 Å². The summed E-state index contributed by atoms with van der Waals surface area (Å²) in [5, 5.41) is 0. The standard InChI is InChI=1S/C16H11FN2/c17-16-10-13(14-2-1-7-19-11-14)3-4-15(16)12-5-8-18-9-6-12/h1-11H. The van der Waals surface area contributed by atoms with Gasteiger partial charge in [-0.3, -0.25) is 9.97 Å². The molecule has 0 saturated carbocycles. The van der Waals surface area contributed by atoms with Crippen molar-refractivity contribution in [1.29, 1.82) is 0 Å². The van der Waals surface area contributed by atoms with Crippen LogP contribution in [0.15, 0.2) is 67.3 Å². The Morgan fingerprint density at radius 1 is 0.737 bits per heavy atom. The van der Waals surface area contributed by atoms with E-state index in [9.17, 15) is 4.39 Å². The number of hydrogen-bond donors (Lipinski definition) is 0. The predicted octanol–water partition coefficient (Wildman–Crippen LogP) is 3.95. The topological polar surface area (TPSA) is 25.8 Å². The Morgan fingerprint density at radius 3 is 2.26 bits per heavy atom. The summed E-state index contributed by atoms with van der Waals surface area (Å²) in [6.45, 7) is 0. The van der Waals surface area contributed by atoms with Crippen molar-refractivity contribution in [3.63, 3.8) is 0 Å². The number of nitrogens with zero attached hydrogens (tertiary/aromatic N) is 2. The molecule has 2 heterocycles. The van der Waals surface area contributed by atoms with Crippen molar-refractivity contribution >= 4 is 0 Å². The lowest BCUT2D eigenvalue weighted by molar-refractivity contribution is 0.632. The molecule has 0 fully saturated rings. The first-order valence-corrected chi connectivity index (χ1v) is 5.95. The molecular formula is C16H11FN2. The van der Waals surface area contributed by atoms with Crippen LogP contribution < -0.4 is 0 Å². The van der Waals surface area contributed by atoms with E-state index in [1.165, 1.54) is 6.07 Å². The second-order valence-electron chi connectivity index (χ2n) is 4.17. The molecule has 92 valence electrons. The highest BCUT2D eigenvalue weighted by Gasteiger charge is 2.07. The summed E-state index contributed by atoms with van der Waals surface area (Å²) in [5.41, 5.74) is 3.13. The third-order valence-corrected chi connectivity index (χ3v) is 2.96. The monoisotopic (exact) mass is 250 g/mol. The molecule has 0 saturated heterocycles. The lowest BCUT2D eigenvalue weighted by Gasteiger charge is -2.06. The Hall–Kier alpha value is -2.55. The van der Waals surface area contributed by atoms with Gasteiger partial charge in [0.2, 0.25) is 0 Å². The first-order chi connectivity index (χ1) is 9.34. The summed E-state index contributed by atoms with van der Waals surface area (Å²) in [5.74, 6) is -0.243. The van der Waals surface area contributed by atoms with E-state index in [0.717, 1.165) is 16.7 Å². The van der Waals surface area contributed by atoms with E-state index in [-0.39, 0.29) is 5.82 Å². The number of pyridine rings is 2. The van der Waals surface area contributed by atoms with Crippen molar-refractivity contribution in [3.05, 3.63) is 73.1 Å². The van der Waals surface area contributed by atoms with Crippen LogP contribution in [0, 0.1) is 5.82 Å². The molecule has 0 unspecified atom stereocenters. The van der Waals surface area contributed by atoms with Crippen LogP contribution in [-0.2, 0) is 0 Å². The van der Waals surface area contributed by atoms with Crippen molar-refractivity contribution in [2.75, 3.05) is 0 Å². The zero-order valence-electron chi connectivity index (χ0n) is 10.1. The number of aromatic nitrogens is 2. The van der Waals surface area contributed by atoms with E-state index < -0.39 is 0 Å². The third kappa shape index (κ3) is 2.36. The molecule has 3 aromatic rings. The molecule has 19 heavy (non-hydrogen) atoms. The lowest BCUT2D eigenvalue weighted by atomic mass is 10.0. The van der Waals surface area contributed by atoms with Crippen LogP contribution in [0.4, 0.5) is 4.39 Å². The largest absolute Gasteiger partial charge is 0.265 e. The van der Waals surface area contributed by atoms with Crippen LogP contribution >= 0.6 is 0 Å². The molecule has 0 aliphatic carbocycles. The van der Waals surface area contributed by atoms with Gasteiger partial charge in [0, 0.05) is 35.9 Å². The second-order valence-corrected chi connectivity index (χ2v) is 4.17. The maximum absolute atomic E-state index is 14.2. The molecule has 0 radical (unpaired) electrons. The van der Waals surface area contributed by atoms with Crippen molar-refractivity contribution in [2.24, 2.45) is 0 Å². The smallest absolute Gasteiger partial charge is 0.131 e. The molecule has 0 aliphatic heterocycles. The fourth-order valence-electron chi connectivity index (χ4n) is 1.99. The number of rotatable bonds is 2.